The first-order valence-corrected chi connectivity index (χ1v) is 12.0. The molecule has 0 unspecified atom stereocenters. The largest absolute Gasteiger partial charge is 0.437 e. The van der Waals surface area contributed by atoms with E-state index >= 15 is 0 Å². The molecule has 3 heteroatoms. The molecule has 6 rings (SSSR count). The molecule has 3 aromatic heterocycles. The molecule has 3 nitrogen and oxygen atoms in total. The molecule has 3 heterocycles. The van der Waals surface area contributed by atoms with E-state index in [-0.39, 0.29) is 0 Å². The van der Waals surface area contributed by atoms with Crippen LogP contribution in [0.3, 0.4) is 0 Å². The Bertz CT molecular complexity index is 1700. The molecule has 0 spiro atoms. The minimum atomic E-state index is 0.671. The fraction of sp³-hybridized carbons (Fsp3) is 0.125. The average molecular weight is 455 g/mol. The van der Waals surface area contributed by atoms with Gasteiger partial charge in [-0.25, -0.2) is 4.98 Å². The van der Waals surface area contributed by atoms with Crippen LogP contribution in [0.25, 0.3) is 44.5 Å². The zero-order valence-electron chi connectivity index (χ0n) is 20.2. The monoisotopic (exact) mass is 454 g/mol. The van der Waals surface area contributed by atoms with Crippen molar-refractivity contribution in [3.8, 4) is 22.4 Å². The van der Waals surface area contributed by atoms with Crippen LogP contribution in [0.15, 0.2) is 95.5 Å². The van der Waals surface area contributed by atoms with Crippen molar-refractivity contribution in [3.05, 3.63) is 119 Å². The minimum Gasteiger partial charge on any atom is -0.437 e. The Hall–Kier alpha value is -4.24. The molecule has 0 aliphatic rings. The molecular weight excluding hydrogens is 428 g/mol. The van der Waals surface area contributed by atoms with Crippen LogP contribution >= 0.6 is 0 Å². The lowest BCUT2D eigenvalue weighted by atomic mass is 9.95. The molecule has 0 fully saturated rings. The van der Waals surface area contributed by atoms with E-state index in [1.807, 2.05) is 12.3 Å². The highest BCUT2D eigenvalue weighted by Gasteiger charge is 2.16. The molecule has 0 saturated carbocycles. The Morgan fingerprint density at radius 2 is 1.51 bits per heavy atom. The summed E-state index contributed by atoms with van der Waals surface area (Å²) in [5, 5.41) is 2.09. The number of hydrogen-bond acceptors (Lipinski definition) is 3. The van der Waals surface area contributed by atoms with Crippen molar-refractivity contribution in [2.75, 3.05) is 0 Å². The third kappa shape index (κ3) is 3.89. The van der Waals surface area contributed by atoms with Crippen molar-refractivity contribution in [3.63, 3.8) is 0 Å². The van der Waals surface area contributed by atoms with Gasteiger partial charge in [0.05, 0.1) is 5.69 Å². The molecule has 0 radical (unpaired) electrons. The highest BCUT2D eigenvalue weighted by atomic mass is 16.3. The highest BCUT2D eigenvalue weighted by molar-refractivity contribution is 6.08. The van der Waals surface area contributed by atoms with Gasteiger partial charge in [-0.1, -0.05) is 66.2 Å². The normalized spacial score (nSPS) is 11.4. The Labute approximate surface area is 205 Å². The van der Waals surface area contributed by atoms with Gasteiger partial charge >= 0.3 is 0 Å². The third-order valence-corrected chi connectivity index (χ3v) is 6.71. The quantitative estimate of drug-likeness (QED) is 0.269. The summed E-state index contributed by atoms with van der Waals surface area (Å²) in [6.45, 7) is 6.43. The lowest BCUT2D eigenvalue weighted by Crippen LogP contribution is -1.92. The van der Waals surface area contributed by atoms with Crippen LogP contribution in [-0.4, -0.2) is 9.97 Å². The number of pyridine rings is 2. The number of hydrogen-bond donors (Lipinski definition) is 0. The first kappa shape index (κ1) is 21.3. The van der Waals surface area contributed by atoms with Gasteiger partial charge in [-0.15, -0.1) is 0 Å². The summed E-state index contributed by atoms with van der Waals surface area (Å²) in [6.07, 6.45) is 2.77. The Kier molecular flexibility index (Phi) is 5.18. The van der Waals surface area contributed by atoms with Gasteiger partial charge in [-0.3, -0.25) is 4.98 Å². The van der Waals surface area contributed by atoms with Crippen molar-refractivity contribution in [1.82, 2.24) is 9.97 Å². The number of nitrogens with zero attached hydrogens (tertiary/aromatic N) is 2. The summed E-state index contributed by atoms with van der Waals surface area (Å²) >= 11 is 0. The summed E-state index contributed by atoms with van der Waals surface area (Å²) < 4.78 is 6.35. The topological polar surface area (TPSA) is 38.9 Å². The van der Waals surface area contributed by atoms with E-state index in [4.69, 9.17) is 14.4 Å². The van der Waals surface area contributed by atoms with E-state index in [2.05, 4.69) is 99.6 Å². The highest BCUT2D eigenvalue weighted by Crippen LogP contribution is 2.36. The minimum absolute atomic E-state index is 0.671. The predicted molar refractivity (Wildman–Crippen MR) is 144 cm³/mol. The van der Waals surface area contributed by atoms with E-state index in [1.165, 1.54) is 27.8 Å². The maximum absolute atomic E-state index is 6.35. The first-order valence-electron chi connectivity index (χ1n) is 12.0. The number of para-hydroxylation sites is 1. The van der Waals surface area contributed by atoms with Crippen molar-refractivity contribution < 1.29 is 4.42 Å². The maximum atomic E-state index is 6.35. The third-order valence-electron chi connectivity index (χ3n) is 6.71. The summed E-state index contributed by atoms with van der Waals surface area (Å²) in [6, 6.07) is 29.6. The van der Waals surface area contributed by atoms with Crippen LogP contribution in [0.1, 0.15) is 27.9 Å². The van der Waals surface area contributed by atoms with Gasteiger partial charge < -0.3 is 4.42 Å². The number of rotatable bonds is 4. The molecule has 0 amide bonds. The maximum Gasteiger partial charge on any atom is 0.227 e. The van der Waals surface area contributed by atoms with Gasteiger partial charge in [0.15, 0.2) is 0 Å². The number of aryl methyl sites for hydroxylation is 3. The molecule has 0 aliphatic heterocycles. The standard InChI is InChI=1S/C32H26N2O/c1-20-12-14-25(21(2)16-20)29-19-33-30(17-22(29)3)28-11-7-10-26-27-15-13-24(34-32(27)35-31(26)28)18-23-8-5-4-6-9-23/h4-17,19H,18H2,1-3H3. The van der Waals surface area contributed by atoms with Gasteiger partial charge in [0, 0.05) is 40.2 Å². The van der Waals surface area contributed by atoms with Crippen molar-refractivity contribution in [1.29, 1.82) is 0 Å². The molecule has 0 atom stereocenters. The summed E-state index contributed by atoms with van der Waals surface area (Å²) in [4.78, 5) is 9.71. The fourth-order valence-electron chi connectivity index (χ4n) is 4.92. The number of fused-ring (bicyclic) bond motifs is 3. The van der Waals surface area contributed by atoms with Crippen LogP contribution in [0, 0.1) is 20.8 Å². The Balaban J connectivity index is 1.42. The molecule has 0 N–H and O–H groups in total. The molecule has 0 bridgehead atoms. The molecule has 170 valence electrons. The van der Waals surface area contributed by atoms with Crippen LogP contribution in [0.5, 0.6) is 0 Å². The first-order chi connectivity index (χ1) is 17.1. The Morgan fingerprint density at radius 1 is 0.686 bits per heavy atom. The van der Waals surface area contributed by atoms with Gasteiger partial charge in [0.1, 0.15) is 5.58 Å². The van der Waals surface area contributed by atoms with E-state index in [9.17, 15) is 0 Å². The summed E-state index contributed by atoms with van der Waals surface area (Å²) in [7, 11) is 0. The van der Waals surface area contributed by atoms with E-state index in [0.717, 1.165) is 45.3 Å². The molecule has 6 aromatic rings. The second-order valence-electron chi connectivity index (χ2n) is 9.30. The smallest absolute Gasteiger partial charge is 0.227 e. The average Bonchev–Trinajstić information content (AvgIpc) is 3.23. The van der Waals surface area contributed by atoms with Crippen molar-refractivity contribution in [2.24, 2.45) is 0 Å². The number of furan rings is 1. The van der Waals surface area contributed by atoms with Crippen molar-refractivity contribution in [2.45, 2.75) is 27.2 Å². The Morgan fingerprint density at radius 3 is 2.31 bits per heavy atom. The molecule has 35 heavy (non-hydrogen) atoms. The fourth-order valence-corrected chi connectivity index (χ4v) is 4.92. The van der Waals surface area contributed by atoms with Crippen LogP contribution in [0.2, 0.25) is 0 Å². The summed E-state index contributed by atoms with van der Waals surface area (Å²) in [5.41, 5.74) is 11.7. The molecule has 0 saturated heterocycles. The second kappa shape index (κ2) is 8.52. The van der Waals surface area contributed by atoms with Crippen LogP contribution in [-0.2, 0) is 6.42 Å². The molecule has 3 aromatic carbocycles. The lowest BCUT2D eigenvalue weighted by Gasteiger charge is -2.11. The molecular formula is C32H26N2O. The zero-order chi connectivity index (χ0) is 23.9. The zero-order valence-corrected chi connectivity index (χ0v) is 20.2. The van der Waals surface area contributed by atoms with Gasteiger partial charge in [0.25, 0.3) is 0 Å². The molecule has 0 aliphatic carbocycles. The van der Waals surface area contributed by atoms with E-state index in [0.29, 0.717) is 5.71 Å². The predicted octanol–water partition coefficient (Wildman–Crippen LogP) is 8.23. The van der Waals surface area contributed by atoms with Gasteiger partial charge in [0.2, 0.25) is 5.71 Å². The van der Waals surface area contributed by atoms with E-state index in [1.54, 1.807) is 0 Å². The number of benzene rings is 3. The lowest BCUT2D eigenvalue weighted by molar-refractivity contribution is 0.652. The van der Waals surface area contributed by atoms with Gasteiger partial charge in [-0.2, -0.15) is 0 Å². The van der Waals surface area contributed by atoms with Crippen LogP contribution in [0.4, 0.5) is 0 Å². The van der Waals surface area contributed by atoms with Crippen LogP contribution < -0.4 is 0 Å². The SMILES string of the molecule is Cc1ccc(-c2cnc(-c3cccc4c3oc3nc(Cc5ccccc5)ccc34)cc2C)c(C)c1. The van der Waals surface area contributed by atoms with Crippen molar-refractivity contribution >= 4 is 22.1 Å². The van der Waals surface area contributed by atoms with Gasteiger partial charge in [-0.05, 0) is 67.3 Å². The van der Waals surface area contributed by atoms with E-state index < -0.39 is 0 Å². The summed E-state index contributed by atoms with van der Waals surface area (Å²) in [5.74, 6) is 0. The number of aromatic nitrogens is 2. The second-order valence-corrected chi connectivity index (χ2v) is 9.30.